The van der Waals surface area contributed by atoms with Crippen LogP contribution in [0.5, 0.6) is 0 Å². The number of aliphatic hydroxyl groups is 3. The van der Waals surface area contributed by atoms with E-state index in [1.54, 1.807) is 0 Å². The SMILES string of the molecule is CC/C=C\C/C=C\C/C=C\C/C=C\C[C@@H](O)[C@H](O)CCCC(=O)N[C@@H](COP(=O)(O)OCC[N+](C)(C)C)[C@H](O)CCCCCCCCCCCCCCC. The molecule has 0 fully saturated rings. The van der Waals surface area contributed by atoms with Crippen molar-refractivity contribution in [2.75, 3.05) is 40.9 Å². The number of carbonyl (C=O) groups excluding carboxylic acids is 1. The van der Waals surface area contributed by atoms with Gasteiger partial charge in [0.2, 0.25) is 5.91 Å². The first-order valence-corrected chi connectivity index (χ1v) is 22.7. The van der Waals surface area contributed by atoms with Crippen LogP contribution >= 0.6 is 7.82 Å². The molecule has 1 unspecified atom stereocenters. The van der Waals surface area contributed by atoms with E-state index in [1.807, 2.05) is 33.3 Å². The molecule has 5 N–H and O–H groups in total. The van der Waals surface area contributed by atoms with E-state index in [4.69, 9.17) is 9.05 Å². The molecule has 10 nitrogen and oxygen atoms in total. The number of amides is 1. The molecule has 0 aliphatic heterocycles. The van der Waals surface area contributed by atoms with Crippen LogP contribution in [0.25, 0.3) is 0 Å². The predicted molar refractivity (Wildman–Crippen MR) is 224 cm³/mol. The van der Waals surface area contributed by atoms with E-state index in [0.717, 1.165) is 51.4 Å². The highest BCUT2D eigenvalue weighted by Crippen LogP contribution is 2.43. The Bertz CT molecular complexity index is 1060. The summed E-state index contributed by atoms with van der Waals surface area (Å²) in [5.41, 5.74) is 0. The molecule has 1 amide bonds. The summed E-state index contributed by atoms with van der Waals surface area (Å²) in [6.07, 6.45) is 34.4. The number of phosphoric ester groups is 1. The average molecular weight is 786 g/mol. The van der Waals surface area contributed by atoms with Gasteiger partial charge in [-0.2, -0.15) is 0 Å². The van der Waals surface area contributed by atoms with Crippen molar-refractivity contribution in [3.05, 3.63) is 48.6 Å². The molecule has 0 heterocycles. The van der Waals surface area contributed by atoms with E-state index in [-0.39, 0.29) is 32.0 Å². The summed E-state index contributed by atoms with van der Waals surface area (Å²) in [5, 5.41) is 34.6. The maximum Gasteiger partial charge on any atom is 0.472 e. The Hall–Kier alpha value is -1.62. The van der Waals surface area contributed by atoms with Crippen molar-refractivity contribution < 1.29 is 43.1 Å². The minimum Gasteiger partial charge on any atom is -0.391 e. The largest absolute Gasteiger partial charge is 0.472 e. The lowest BCUT2D eigenvalue weighted by Gasteiger charge is -2.26. The molecule has 0 aromatic rings. The Morgan fingerprint density at radius 1 is 0.648 bits per heavy atom. The third-order valence-electron chi connectivity index (χ3n) is 9.29. The van der Waals surface area contributed by atoms with Gasteiger partial charge in [0.25, 0.3) is 0 Å². The first kappa shape index (κ1) is 52.4. The van der Waals surface area contributed by atoms with E-state index in [1.165, 1.54) is 57.8 Å². The lowest BCUT2D eigenvalue weighted by atomic mass is 10.0. The molecule has 0 saturated carbocycles. The van der Waals surface area contributed by atoms with Gasteiger partial charge in [-0.1, -0.05) is 146 Å². The number of likely N-dealkylation sites (N-methyl/N-ethyl adjacent to an activating group) is 1. The fourth-order valence-corrected chi connectivity index (χ4v) is 6.51. The molecule has 0 radical (unpaired) electrons. The summed E-state index contributed by atoms with van der Waals surface area (Å²) < 4.78 is 23.5. The third-order valence-corrected chi connectivity index (χ3v) is 10.3. The number of carbonyl (C=O) groups is 1. The Morgan fingerprint density at radius 2 is 1.13 bits per heavy atom. The van der Waals surface area contributed by atoms with E-state index in [0.29, 0.717) is 30.3 Å². The minimum absolute atomic E-state index is 0.0201. The molecule has 0 aliphatic rings. The first-order valence-electron chi connectivity index (χ1n) is 21.2. The highest BCUT2D eigenvalue weighted by molar-refractivity contribution is 7.47. The summed E-state index contributed by atoms with van der Waals surface area (Å²) in [6, 6.07) is -0.897. The van der Waals surface area contributed by atoms with Crippen LogP contribution in [0.3, 0.4) is 0 Å². The van der Waals surface area contributed by atoms with Gasteiger partial charge in [0.1, 0.15) is 13.2 Å². The Morgan fingerprint density at radius 3 is 1.65 bits per heavy atom. The van der Waals surface area contributed by atoms with Crippen molar-refractivity contribution >= 4 is 13.7 Å². The second kappa shape index (κ2) is 34.6. The maximum atomic E-state index is 12.9. The van der Waals surface area contributed by atoms with Gasteiger partial charge in [-0.3, -0.25) is 13.8 Å². The lowest BCUT2D eigenvalue weighted by Crippen LogP contribution is -2.46. The normalized spacial score (nSPS) is 16.1. The van der Waals surface area contributed by atoms with Crippen molar-refractivity contribution in [3.63, 3.8) is 0 Å². The van der Waals surface area contributed by atoms with Crippen LogP contribution < -0.4 is 5.32 Å². The number of allylic oxidation sites excluding steroid dienone is 7. The van der Waals surface area contributed by atoms with E-state index >= 15 is 0 Å². The molecule has 0 saturated heterocycles. The number of hydrogen-bond acceptors (Lipinski definition) is 7. The second-order valence-corrected chi connectivity index (χ2v) is 17.1. The zero-order chi connectivity index (χ0) is 40.3. The van der Waals surface area contributed by atoms with Crippen LogP contribution in [0.2, 0.25) is 0 Å². The number of quaternary nitrogens is 1. The number of aliphatic hydroxyl groups excluding tert-OH is 3. The summed E-state index contributed by atoms with van der Waals surface area (Å²) in [4.78, 5) is 23.1. The standard InChI is InChI=1S/C43H81N2O8P/c1-6-8-10-12-14-16-18-20-22-23-25-27-29-32-40(46)39(38-53-54(50,51)52-37-36-45(3,4)5)44-43(49)35-31-34-42(48)41(47)33-30-28-26-24-21-19-17-15-13-11-9-7-2/h9,11,15,17,21,24,28,30,39-42,46-48H,6-8,10,12-14,16,18-20,22-23,25-27,29,31-38H2,1-5H3,(H-,44,49,50,51)/p+1/b11-9-,17-15-,24-21-,30-28-/t39-,40+,41+,42+/m0/s1. The summed E-state index contributed by atoms with van der Waals surface area (Å²) in [7, 11) is 1.43. The second-order valence-electron chi connectivity index (χ2n) is 15.6. The molecule has 11 heteroatoms. The molecule has 0 aromatic carbocycles. The summed E-state index contributed by atoms with van der Waals surface area (Å²) in [6.45, 7) is 4.51. The monoisotopic (exact) mass is 786 g/mol. The maximum absolute atomic E-state index is 12.9. The molecule has 5 atom stereocenters. The number of phosphoric acid groups is 1. The Labute approximate surface area is 330 Å². The third kappa shape index (κ3) is 34.8. The van der Waals surface area contributed by atoms with E-state index in [9.17, 15) is 29.6 Å². The van der Waals surface area contributed by atoms with Gasteiger partial charge in [0.05, 0.1) is 52.1 Å². The number of nitrogens with zero attached hydrogens (tertiary/aromatic N) is 1. The van der Waals surface area contributed by atoms with Crippen LogP contribution in [-0.2, 0) is 18.4 Å². The van der Waals surface area contributed by atoms with Crippen LogP contribution in [0.4, 0.5) is 0 Å². The fraction of sp³-hybridized carbons (Fsp3) is 0.791. The molecule has 54 heavy (non-hydrogen) atoms. The quantitative estimate of drug-likeness (QED) is 0.0182. The molecule has 0 aromatic heterocycles. The molecule has 0 rings (SSSR count). The molecule has 316 valence electrons. The fourth-order valence-electron chi connectivity index (χ4n) is 5.78. The van der Waals surface area contributed by atoms with Crippen molar-refractivity contribution in [1.29, 1.82) is 0 Å². The molecule has 0 spiro atoms. The Balaban J connectivity index is 4.69. The van der Waals surface area contributed by atoms with E-state index < -0.39 is 32.2 Å². The highest BCUT2D eigenvalue weighted by atomic mass is 31.2. The lowest BCUT2D eigenvalue weighted by molar-refractivity contribution is -0.870. The predicted octanol–water partition coefficient (Wildman–Crippen LogP) is 9.24. The Kier molecular flexibility index (Phi) is 33.6. The van der Waals surface area contributed by atoms with Crippen molar-refractivity contribution in [2.24, 2.45) is 0 Å². The van der Waals surface area contributed by atoms with Crippen LogP contribution in [-0.4, -0.2) is 95.9 Å². The van der Waals surface area contributed by atoms with Crippen LogP contribution in [0, 0.1) is 0 Å². The van der Waals surface area contributed by atoms with Gasteiger partial charge in [0, 0.05) is 6.42 Å². The average Bonchev–Trinajstić information content (AvgIpc) is 3.11. The minimum atomic E-state index is -4.39. The zero-order valence-corrected chi connectivity index (χ0v) is 35.8. The number of rotatable bonds is 37. The highest BCUT2D eigenvalue weighted by Gasteiger charge is 2.28. The zero-order valence-electron chi connectivity index (χ0n) is 34.9. The van der Waals surface area contributed by atoms with Gasteiger partial charge >= 0.3 is 7.82 Å². The number of unbranched alkanes of at least 4 members (excludes halogenated alkanes) is 12. The summed E-state index contributed by atoms with van der Waals surface area (Å²) >= 11 is 0. The van der Waals surface area contributed by atoms with Crippen LogP contribution in [0.15, 0.2) is 48.6 Å². The van der Waals surface area contributed by atoms with Crippen molar-refractivity contribution in [1.82, 2.24) is 5.32 Å². The van der Waals surface area contributed by atoms with E-state index in [2.05, 4.69) is 55.6 Å². The van der Waals surface area contributed by atoms with Gasteiger partial charge in [-0.25, -0.2) is 4.57 Å². The molecule has 0 bridgehead atoms. The van der Waals surface area contributed by atoms with Crippen LogP contribution in [0.1, 0.15) is 155 Å². The van der Waals surface area contributed by atoms with Gasteiger partial charge in [0.15, 0.2) is 0 Å². The molecular weight excluding hydrogens is 703 g/mol. The first-order chi connectivity index (χ1) is 25.8. The summed E-state index contributed by atoms with van der Waals surface area (Å²) in [5.74, 6) is -0.368. The topological polar surface area (TPSA) is 146 Å². The van der Waals surface area contributed by atoms with Crippen molar-refractivity contribution in [2.45, 2.75) is 179 Å². The van der Waals surface area contributed by atoms with Gasteiger partial charge in [-0.15, -0.1) is 0 Å². The smallest absolute Gasteiger partial charge is 0.391 e. The molecular formula is C43H82N2O8P+. The van der Waals surface area contributed by atoms with Gasteiger partial charge < -0.3 is 30.0 Å². The van der Waals surface area contributed by atoms with Gasteiger partial charge in [-0.05, 0) is 51.4 Å². The van der Waals surface area contributed by atoms with Crippen molar-refractivity contribution in [3.8, 4) is 0 Å². The number of hydrogen-bond donors (Lipinski definition) is 5. The number of nitrogens with one attached hydrogen (secondary N) is 1. The molecule has 0 aliphatic carbocycles.